The summed E-state index contributed by atoms with van der Waals surface area (Å²) in [6.07, 6.45) is 3.37. The highest BCUT2D eigenvalue weighted by Gasteiger charge is 2.32. The van der Waals surface area contributed by atoms with Gasteiger partial charge in [0, 0.05) is 4.88 Å². The maximum Gasteiger partial charge on any atom is 0.302 e. The second-order valence-corrected chi connectivity index (χ2v) is 8.10. The van der Waals surface area contributed by atoms with Gasteiger partial charge in [0.05, 0.1) is 11.4 Å². The molecule has 3 aromatic rings. The first-order valence-electron chi connectivity index (χ1n) is 9.16. The Morgan fingerprint density at radius 3 is 2.83 bits per heavy atom. The Labute approximate surface area is 180 Å². The van der Waals surface area contributed by atoms with Crippen LogP contribution in [0.1, 0.15) is 11.8 Å². The highest BCUT2D eigenvalue weighted by Crippen LogP contribution is 2.29. The third kappa shape index (κ3) is 4.50. The molecule has 2 amide bonds. The van der Waals surface area contributed by atoms with Gasteiger partial charge < -0.3 is 0 Å². The lowest BCUT2D eigenvalue weighted by atomic mass is 10.3. The van der Waals surface area contributed by atoms with Gasteiger partial charge in [0.1, 0.15) is 5.70 Å². The second-order valence-electron chi connectivity index (χ2n) is 6.17. The van der Waals surface area contributed by atoms with Crippen molar-refractivity contribution in [1.29, 1.82) is 0 Å². The van der Waals surface area contributed by atoms with Crippen LogP contribution in [-0.2, 0) is 16.1 Å². The Kier molecular flexibility index (Phi) is 6.05. The molecule has 152 valence electrons. The number of amides is 2. The third-order valence-corrected chi connectivity index (χ3v) is 5.85. The van der Waals surface area contributed by atoms with E-state index in [4.69, 9.17) is 4.52 Å². The van der Waals surface area contributed by atoms with E-state index in [0.29, 0.717) is 23.1 Å². The number of amidine groups is 1. The number of aryl methyl sites for hydroxylation is 1. The zero-order chi connectivity index (χ0) is 20.9. The third-order valence-electron chi connectivity index (χ3n) is 4.10. The molecule has 0 atom stereocenters. The Bertz CT molecular complexity index is 1110. The van der Waals surface area contributed by atoms with Crippen LogP contribution >= 0.6 is 23.1 Å². The number of benzene rings is 1. The number of hydrogen-bond acceptors (Lipinski definition) is 7. The molecule has 3 heterocycles. The van der Waals surface area contributed by atoms with Crippen molar-refractivity contribution in [2.75, 3.05) is 16.0 Å². The summed E-state index contributed by atoms with van der Waals surface area (Å²) in [5.74, 6) is -0.172. The topological polar surface area (TPSA) is 91.7 Å². The van der Waals surface area contributed by atoms with Crippen molar-refractivity contribution in [2.24, 2.45) is 4.99 Å². The monoisotopic (exact) mass is 440 g/mol. The molecule has 10 heteroatoms. The first-order chi connectivity index (χ1) is 14.6. The summed E-state index contributed by atoms with van der Waals surface area (Å²) >= 11 is 2.71. The van der Waals surface area contributed by atoms with E-state index in [1.54, 1.807) is 17.0 Å². The number of aromatic nitrogens is 2. The first kappa shape index (κ1) is 20.0. The predicted octanol–water partition coefficient (Wildman–Crippen LogP) is 3.16. The van der Waals surface area contributed by atoms with E-state index in [-0.39, 0.29) is 23.5 Å². The number of carbonyl (C=O) groups is 2. The molecule has 0 unspecified atom stereocenters. The Hall–Kier alpha value is -3.24. The van der Waals surface area contributed by atoms with Crippen LogP contribution in [0.5, 0.6) is 0 Å². The number of aliphatic imine (C=N–C) groups is 1. The van der Waals surface area contributed by atoms with Crippen LogP contribution in [0, 0.1) is 0 Å². The highest BCUT2D eigenvalue weighted by atomic mass is 32.2. The van der Waals surface area contributed by atoms with E-state index >= 15 is 0 Å². The minimum atomic E-state index is -0.279. The summed E-state index contributed by atoms with van der Waals surface area (Å²) in [4.78, 5) is 32.3. The minimum absolute atomic E-state index is 0.0640. The maximum absolute atomic E-state index is 13.0. The molecular formula is C20H18N5O3S2+. The van der Waals surface area contributed by atoms with E-state index in [1.807, 2.05) is 54.8 Å². The zero-order valence-electron chi connectivity index (χ0n) is 16.0. The van der Waals surface area contributed by atoms with Gasteiger partial charge in [0.25, 0.3) is 12.1 Å². The maximum atomic E-state index is 13.0. The van der Waals surface area contributed by atoms with Crippen LogP contribution in [0.15, 0.2) is 69.3 Å². The number of hydrogen-bond donors (Lipinski definition) is 1. The Morgan fingerprint density at radius 2 is 2.13 bits per heavy atom. The van der Waals surface area contributed by atoms with Crippen LogP contribution in [0.4, 0.5) is 11.6 Å². The fourth-order valence-electron chi connectivity index (χ4n) is 2.69. The van der Waals surface area contributed by atoms with Crippen molar-refractivity contribution in [3.63, 3.8) is 0 Å². The number of thiophene rings is 1. The van der Waals surface area contributed by atoms with Gasteiger partial charge in [-0.05, 0) is 36.6 Å². The lowest BCUT2D eigenvalue weighted by Gasteiger charge is -2.17. The molecule has 1 N–H and O–H groups in total. The van der Waals surface area contributed by atoms with Crippen LogP contribution in [-0.4, -0.2) is 28.0 Å². The number of thioether (sulfide) groups is 1. The van der Waals surface area contributed by atoms with Crippen molar-refractivity contribution in [3.8, 4) is 0 Å². The molecule has 4 rings (SSSR count). The molecule has 30 heavy (non-hydrogen) atoms. The average molecular weight is 441 g/mol. The van der Waals surface area contributed by atoms with Gasteiger partial charge in [0.15, 0.2) is 11.7 Å². The summed E-state index contributed by atoms with van der Waals surface area (Å²) in [6.45, 7) is 2.55. The lowest BCUT2D eigenvalue weighted by molar-refractivity contribution is -0.759. The van der Waals surface area contributed by atoms with Gasteiger partial charge in [-0.1, -0.05) is 40.7 Å². The highest BCUT2D eigenvalue weighted by molar-refractivity contribution is 8.14. The number of anilines is 2. The van der Waals surface area contributed by atoms with Crippen molar-refractivity contribution in [2.45, 2.75) is 13.5 Å². The van der Waals surface area contributed by atoms with E-state index < -0.39 is 0 Å². The molecule has 0 bridgehead atoms. The van der Waals surface area contributed by atoms with Crippen LogP contribution in [0.3, 0.4) is 0 Å². The van der Waals surface area contributed by atoms with Gasteiger partial charge >= 0.3 is 5.88 Å². The molecule has 0 saturated carbocycles. The van der Waals surface area contributed by atoms with E-state index in [0.717, 1.165) is 4.88 Å². The van der Waals surface area contributed by atoms with Crippen molar-refractivity contribution >= 4 is 57.7 Å². The molecular weight excluding hydrogens is 422 g/mol. The molecule has 0 aliphatic carbocycles. The van der Waals surface area contributed by atoms with Gasteiger partial charge in [0.2, 0.25) is 11.2 Å². The summed E-state index contributed by atoms with van der Waals surface area (Å²) in [5.41, 5.74) is 1.03. The fourth-order valence-corrected chi connectivity index (χ4v) is 4.16. The second kappa shape index (κ2) is 9.06. The average Bonchev–Trinajstić information content (AvgIpc) is 3.49. The molecule has 0 fully saturated rings. The van der Waals surface area contributed by atoms with Crippen molar-refractivity contribution in [3.05, 3.63) is 64.6 Å². The quantitative estimate of drug-likeness (QED) is 0.470. The van der Waals surface area contributed by atoms with Crippen molar-refractivity contribution < 1.29 is 18.8 Å². The molecule has 0 saturated heterocycles. The molecule has 1 aliphatic rings. The number of rotatable bonds is 6. The zero-order valence-corrected chi connectivity index (χ0v) is 17.7. The summed E-state index contributed by atoms with van der Waals surface area (Å²) in [6, 6.07) is 13.1. The van der Waals surface area contributed by atoms with Gasteiger partial charge in [-0.25, -0.2) is 4.99 Å². The number of nitrogens with zero attached hydrogens (tertiary/aromatic N) is 4. The Morgan fingerprint density at radius 1 is 1.30 bits per heavy atom. The van der Waals surface area contributed by atoms with E-state index in [2.05, 4.69) is 15.6 Å². The summed E-state index contributed by atoms with van der Waals surface area (Å²) < 4.78 is 6.62. The lowest BCUT2D eigenvalue weighted by Crippen LogP contribution is -2.33. The summed E-state index contributed by atoms with van der Waals surface area (Å²) in [7, 11) is 0. The van der Waals surface area contributed by atoms with E-state index in [9.17, 15) is 9.59 Å². The molecule has 1 aliphatic heterocycles. The fraction of sp³-hybridized carbons (Fsp3) is 0.150. The SMILES string of the molecule is CC[n+]1cc(NC(=O)CSC2=N/C(=C/c3cccs3)C(=O)N2c2ccccc2)on1. The molecule has 0 spiro atoms. The van der Waals surface area contributed by atoms with E-state index in [1.165, 1.54) is 28.0 Å². The summed E-state index contributed by atoms with van der Waals surface area (Å²) in [5, 5.41) is 8.81. The van der Waals surface area contributed by atoms with Crippen LogP contribution in [0.25, 0.3) is 6.08 Å². The minimum Gasteiger partial charge on any atom is -0.288 e. The predicted molar refractivity (Wildman–Crippen MR) is 117 cm³/mol. The number of carbonyl (C=O) groups excluding carboxylic acids is 2. The Balaban J connectivity index is 1.51. The molecule has 2 aromatic heterocycles. The number of nitrogens with one attached hydrogen (secondary N) is 1. The standard InChI is InChI=1S/C20H17N5O3S2/c1-2-24-12-18(28-23-24)22-17(26)13-30-20-21-16(11-15-9-6-10-29-15)19(27)25(20)14-7-4-3-5-8-14/h3-12H,2,13H2,1H3/p+1/b16-11+. The molecule has 1 aromatic carbocycles. The smallest absolute Gasteiger partial charge is 0.288 e. The van der Waals surface area contributed by atoms with Crippen LogP contribution < -0.4 is 14.9 Å². The van der Waals surface area contributed by atoms with Gasteiger partial charge in [-0.2, -0.15) is 0 Å². The van der Waals surface area contributed by atoms with Crippen LogP contribution in [0.2, 0.25) is 0 Å². The normalized spacial score (nSPS) is 15.0. The van der Waals surface area contributed by atoms with Gasteiger partial charge in [-0.3, -0.25) is 24.3 Å². The molecule has 8 nitrogen and oxygen atoms in total. The van der Waals surface area contributed by atoms with Crippen molar-refractivity contribution in [1.82, 2.24) is 5.27 Å². The largest absolute Gasteiger partial charge is 0.302 e. The molecule has 0 radical (unpaired) electrons. The first-order valence-corrected chi connectivity index (χ1v) is 11.0. The van der Waals surface area contributed by atoms with Gasteiger partial charge in [-0.15, -0.1) is 11.3 Å². The number of para-hydroxylation sites is 1.